The molecule has 3 rings (SSSR count). The van der Waals surface area contributed by atoms with Crippen molar-refractivity contribution in [3.63, 3.8) is 0 Å². The van der Waals surface area contributed by atoms with Gasteiger partial charge in [-0.05, 0) is 42.8 Å². The van der Waals surface area contributed by atoms with Crippen LogP contribution in [0.3, 0.4) is 0 Å². The number of nitrogens with one attached hydrogen (secondary N) is 2. The van der Waals surface area contributed by atoms with Gasteiger partial charge in [0.05, 0.1) is 5.02 Å². The molecule has 0 saturated heterocycles. The van der Waals surface area contributed by atoms with E-state index in [0.29, 0.717) is 18.1 Å². The van der Waals surface area contributed by atoms with E-state index < -0.39 is 11.7 Å². The lowest BCUT2D eigenvalue weighted by Gasteiger charge is -2.07. The van der Waals surface area contributed by atoms with Crippen molar-refractivity contribution >= 4 is 29.0 Å². The van der Waals surface area contributed by atoms with E-state index in [0.717, 1.165) is 5.56 Å². The number of anilines is 2. The summed E-state index contributed by atoms with van der Waals surface area (Å²) in [6.45, 7) is 2.64. The fraction of sp³-hybridized carbons (Fsp3) is 0.105. The standard InChI is InChI=1S/C19H16ClFN4O/c1-12-2-4-13(5-3-12)11-22-18-9-8-17(24-25-18)19(26)23-14-6-7-16(21)15(20)10-14/h2-10H,11H2,1H3,(H,22,25)(H,23,26). The number of aryl methyl sites for hydroxylation is 1. The zero-order valence-corrected chi connectivity index (χ0v) is 14.7. The highest BCUT2D eigenvalue weighted by Crippen LogP contribution is 2.19. The Morgan fingerprint density at radius 2 is 1.85 bits per heavy atom. The van der Waals surface area contributed by atoms with Crippen molar-refractivity contribution in [2.24, 2.45) is 0 Å². The SMILES string of the molecule is Cc1ccc(CNc2ccc(C(=O)Nc3ccc(F)c(Cl)c3)nn2)cc1. The Kier molecular flexibility index (Phi) is 5.43. The molecule has 7 heteroatoms. The van der Waals surface area contributed by atoms with Gasteiger partial charge < -0.3 is 10.6 Å². The molecule has 0 fully saturated rings. The lowest BCUT2D eigenvalue weighted by molar-refractivity contribution is 0.102. The van der Waals surface area contributed by atoms with E-state index in [2.05, 4.69) is 20.8 Å². The molecule has 0 saturated carbocycles. The average molecular weight is 371 g/mol. The number of nitrogens with zero attached hydrogens (tertiary/aromatic N) is 2. The Morgan fingerprint density at radius 1 is 1.08 bits per heavy atom. The molecule has 0 aliphatic rings. The topological polar surface area (TPSA) is 66.9 Å². The van der Waals surface area contributed by atoms with Crippen molar-refractivity contribution in [2.45, 2.75) is 13.5 Å². The third kappa shape index (κ3) is 4.55. The number of hydrogen-bond acceptors (Lipinski definition) is 4. The average Bonchev–Trinajstić information content (AvgIpc) is 2.65. The summed E-state index contributed by atoms with van der Waals surface area (Å²) in [5.41, 5.74) is 2.84. The van der Waals surface area contributed by atoms with E-state index in [9.17, 15) is 9.18 Å². The molecule has 0 atom stereocenters. The number of carbonyl (C=O) groups is 1. The third-order valence-corrected chi connectivity index (χ3v) is 3.96. The maximum Gasteiger partial charge on any atom is 0.276 e. The van der Waals surface area contributed by atoms with E-state index in [1.54, 1.807) is 12.1 Å². The summed E-state index contributed by atoms with van der Waals surface area (Å²) in [6, 6.07) is 15.3. The fourth-order valence-corrected chi connectivity index (χ4v) is 2.40. The zero-order chi connectivity index (χ0) is 18.5. The second kappa shape index (κ2) is 7.93. The van der Waals surface area contributed by atoms with Gasteiger partial charge in [0.15, 0.2) is 5.69 Å². The fourth-order valence-electron chi connectivity index (χ4n) is 2.22. The Hall–Kier alpha value is -2.99. The highest BCUT2D eigenvalue weighted by Gasteiger charge is 2.10. The molecule has 3 aromatic rings. The van der Waals surface area contributed by atoms with E-state index in [-0.39, 0.29) is 10.7 Å². The molecular weight excluding hydrogens is 355 g/mol. The van der Waals surface area contributed by atoms with Gasteiger partial charge in [-0.3, -0.25) is 4.79 Å². The third-order valence-electron chi connectivity index (χ3n) is 3.67. The van der Waals surface area contributed by atoms with Crippen LogP contribution in [-0.4, -0.2) is 16.1 Å². The first-order valence-corrected chi connectivity index (χ1v) is 8.28. The van der Waals surface area contributed by atoms with Crippen LogP contribution in [0, 0.1) is 12.7 Å². The number of hydrogen-bond donors (Lipinski definition) is 2. The van der Waals surface area contributed by atoms with Gasteiger partial charge in [0.2, 0.25) is 0 Å². The number of amides is 1. The molecule has 0 bridgehead atoms. The molecule has 5 nitrogen and oxygen atoms in total. The molecule has 0 aliphatic heterocycles. The van der Waals surface area contributed by atoms with Crippen LogP contribution in [0.4, 0.5) is 15.9 Å². The van der Waals surface area contributed by atoms with E-state index in [4.69, 9.17) is 11.6 Å². The molecule has 0 spiro atoms. The van der Waals surface area contributed by atoms with Crippen LogP contribution in [0.25, 0.3) is 0 Å². The molecule has 0 aliphatic carbocycles. The number of carbonyl (C=O) groups excluding carboxylic acids is 1. The second-order valence-corrected chi connectivity index (χ2v) is 6.13. The van der Waals surface area contributed by atoms with E-state index in [1.807, 2.05) is 31.2 Å². The molecule has 2 aromatic carbocycles. The summed E-state index contributed by atoms with van der Waals surface area (Å²) in [6.07, 6.45) is 0. The van der Waals surface area contributed by atoms with Crippen LogP contribution in [0.2, 0.25) is 5.02 Å². The Labute approximate surface area is 155 Å². The molecule has 26 heavy (non-hydrogen) atoms. The maximum absolute atomic E-state index is 13.1. The highest BCUT2D eigenvalue weighted by molar-refractivity contribution is 6.31. The second-order valence-electron chi connectivity index (χ2n) is 5.73. The van der Waals surface area contributed by atoms with Crippen LogP contribution >= 0.6 is 11.6 Å². The monoisotopic (exact) mass is 370 g/mol. The normalized spacial score (nSPS) is 10.4. The minimum absolute atomic E-state index is 0.0652. The van der Waals surface area contributed by atoms with Gasteiger partial charge in [-0.2, -0.15) is 0 Å². The minimum Gasteiger partial charge on any atom is -0.365 e. The molecule has 132 valence electrons. The zero-order valence-electron chi connectivity index (χ0n) is 14.0. The van der Waals surface area contributed by atoms with Crippen LogP contribution in [0.15, 0.2) is 54.6 Å². The molecule has 2 N–H and O–H groups in total. The summed E-state index contributed by atoms with van der Waals surface area (Å²) in [5, 5.41) is 13.6. The van der Waals surface area contributed by atoms with Crippen LogP contribution in [-0.2, 0) is 6.54 Å². The number of rotatable bonds is 5. The molecule has 0 unspecified atom stereocenters. The molecule has 1 amide bonds. The Balaban J connectivity index is 1.60. The quantitative estimate of drug-likeness (QED) is 0.696. The molecule has 1 heterocycles. The van der Waals surface area contributed by atoms with Gasteiger partial charge in [0.1, 0.15) is 11.6 Å². The predicted octanol–water partition coefficient (Wildman–Crippen LogP) is 4.44. The summed E-state index contributed by atoms with van der Waals surface area (Å²) < 4.78 is 13.1. The first-order chi connectivity index (χ1) is 12.5. The number of halogens is 2. The first kappa shape index (κ1) is 17.8. The van der Waals surface area contributed by atoms with Gasteiger partial charge in [0, 0.05) is 12.2 Å². The van der Waals surface area contributed by atoms with Crippen LogP contribution < -0.4 is 10.6 Å². The smallest absolute Gasteiger partial charge is 0.276 e. The highest BCUT2D eigenvalue weighted by atomic mass is 35.5. The summed E-state index contributed by atoms with van der Waals surface area (Å²) in [7, 11) is 0. The van der Waals surface area contributed by atoms with Crippen molar-refractivity contribution in [1.29, 1.82) is 0 Å². The Morgan fingerprint density at radius 3 is 2.50 bits per heavy atom. The van der Waals surface area contributed by atoms with Crippen molar-refractivity contribution in [1.82, 2.24) is 10.2 Å². The number of aromatic nitrogens is 2. The predicted molar refractivity (Wildman–Crippen MR) is 99.9 cm³/mol. The van der Waals surface area contributed by atoms with Crippen LogP contribution in [0.1, 0.15) is 21.6 Å². The lowest BCUT2D eigenvalue weighted by Crippen LogP contribution is -2.15. The Bertz CT molecular complexity index is 914. The first-order valence-electron chi connectivity index (χ1n) is 7.91. The van der Waals surface area contributed by atoms with E-state index in [1.165, 1.54) is 23.8 Å². The van der Waals surface area contributed by atoms with Crippen molar-refractivity contribution in [3.8, 4) is 0 Å². The summed E-state index contributed by atoms with van der Waals surface area (Å²) in [5.74, 6) is -0.439. The van der Waals surface area contributed by atoms with Gasteiger partial charge in [-0.1, -0.05) is 41.4 Å². The van der Waals surface area contributed by atoms with Crippen molar-refractivity contribution in [3.05, 3.63) is 82.3 Å². The van der Waals surface area contributed by atoms with Gasteiger partial charge in [-0.25, -0.2) is 4.39 Å². The van der Waals surface area contributed by atoms with Crippen LogP contribution in [0.5, 0.6) is 0 Å². The van der Waals surface area contributed by atoms with E-state index >= 15 is 0 Å². The molecule has 0 radical (unpaired) electrons. The largest absolute Gasteiger partial charge is 0.365 e. The molecule has 1 aromatic heterocycles. The maximum atomic E-state index is 13.1. The van der Waals surface area contributed by atoms with Crippen molar-refractivity contribution < 1.29 is 9.18 Å². The molecular formula is C19H16ClFN4O. The number of benzene rings is 2. The lowest BCUT2D eigenvalue weighted by atomic mass is 10.1. The van der Waals surface area contributed by atoms with Crippen molar-refractivity contribution in [2.75, 3.05) is 10.6 Å². The summed E-state index contributed by atoms with van der Waals surface area (Å²) in [4.78, 5) is 12.2. The van der Waals surface area contributed by atoms with Gasteiger partial charge >= 0.3 is 0 Å². The van der Waals surface area contributed by atoms with Gasteiger partial charge in [-0.15, -0.1) is 10.2 Å². The summed E-state index contributed by atoms with van der Waals surface area (Å²) >= 11 is 5.70. The van der Waals surface area contributed by atoms with Gasteiger partial charge in [0.25, 0.3) is 5.91 Å². The minimum atomic E-state index is -0.548.